The second kappa shape index (κ2) is 6.67. The lowest BCUT2D eigenvalue weighted by molar-refractivity contribution is 0.111. The topological polar surface area (TPSA) is 68.8 Å². The summed E-state index contributed by atoms with van der Waals surface area (Å²) in [6.45, 7) is 2.95. The molecule has 1 aromatic carbocycles. The van der Waals surface area contributed by atoms with E-state index in [9.17, 15) is 4.79 Å². The number of carbonyl (C=O) groups excluding carboxylic acids is 1. The van der Waals surface area contributed by atoms with Crippen LogP contribution in [0.1, 0.15) is 18.4 Å². The largest absolute Gasteiger partial charge is 0.486 e. The minimum Gasteiger partial charge on any atom is -0.486 e. The Kier molecular flexibility index (Phi) is 4.45. The second-order valence-electron chi connectivity index (χ2n) is 5.18. The van der Waals surface area contributed by atoms with Gasteiger partial charge in [0.25, 0.3) is 0 Å². The van der Waals surface area contributed by atoms with Gasteiger partial charge in [0, 0.05) is 19.7 Å². The van der Waals surface area contributed by atoms with Crippen molar-refractivity contribution < 1.29 is 19.0 Å². The zero-order chi connectivity index (χ0) is 14.5. The summed E-state index contributed by atoms with van der Waals surface area (Å²) >= 11 is 0. The first-order valence-electron chi connectivity index (χ1n) is 7.33. The molecule has 2 heterocycles. The number of hydrogen-bond acceptors (Lipinski definition) is 4. The molecule has 2 aliphatic rings. The summed E-state index contributed by atoms with van der Waals surface area (Å²) in [6, 6.07) is 5.51. The van der Waals surface area contributed by atoms with Crippen LogP contribution in [0.15, 0.2) is 18.2 Å². The van der Waals surface area contributed by atoms with Crippen LogP contribution in [0.3, 0.4) is 0 Å². The number of carbonyl (C=O) groups is 1. The van der Waals surface area contributed by atoms with Crippen molar-refractivity contribution in [2.45, 2.75) is 25.5 Å². The van der Waals surface area contributed by atoms with Crippen molar-refractivity contribution >= 4 is 6.03 Å². The standard InChI is InChI=1S/C15H20N2O4/c18-15(17-10-12-2-1-5-19-12)16-9-11-3-4-13-14(8-11)21-7-6-20-13/h3-4,8,12H,1-2,5-7,9-10H2,(H2,16,17,18). The van der Waals surface area contributed by atoms with Crippen LogP contribution in [0.25, 0.3) is 0 Å². The number of benzene rings is 1. The van der Waals surface area contributed by atoms with Crippen molar-refractivity contribution in [1.82, 2.24) is 10.6 Å². The molecule has 1 unspecified atom stereocenters. The average Bonchev–Trinajstić information content (AvgIpc) is 3.04. The fourth-order valence-corrected chi connectivity index (χ4v) is 2.45. The summed E-state index contributed by atoms with van der Waals surface area (Å²) < 4.78 is 16.4. The van der Waals surface area contributed by atoms with Gasteiger partial charge >= 0.3 is 6.03 Å². The third-order valence-corrected chi connectivity index (χ3v) is 3.57. The van der Waals surface area contributed by atoms with Gasteiger partial charge in [0.15, 0.2) is 11.5 Å². The number of nitrogens with one attached hydrogen (secondary N) is 2. The zero-order valence-corrected chi connectivity index (χ0v) is 11.9. The molecule has 0 radical (unpaired) electrons. The van der Waals surface area contributed by atoms with Gasteiger partial charge in [-0.15, -0.1) is 0 Å². The summed E-state index contributed by atoms with van der Waals surface area (Å²) in [5.74, 6) is 1.49. The van der Waals surface area contributed by atoms with E-state index in [0.717, 1.165) is 36.5 Å². The summed E-state index contributed by atoms with van der Waals surface area (Å²) in [7, 11) is 0. The van der Waals surface area contributed by atoms with E-state index >= 15 is 0 Å². The van der Waals surface area contributed by atoms with Gasteiger partial charge in [0.2, 0.25) is 0 Å². The maximum atomic E-state index is 11.7. The summed E-state index contributed by atoms with van der Waals surface area (Å²) in [5.41, 5.74) is 0.978. The summed E-state index contributed by atoms with van der Waals surface area (Å²) in [6.07, 6.45) is 2.25. The zero-order valence-electron chi connectivity index (χ0n) is 11.9. The van der Waals surface area contributed by atoms with Gasteiger partial charge in [0.05, 0.1) is 6.10 Å². The molecular weight excluding hydrogens is 272 g/mol. The number of urea groups is 1. The minimum absolute atomic E-state index is 0.157. The smallest absolute Gasteiger partial charge is 0.315 e. The monoisotopic (exact) mass is 292 g/mol. The first-order valence-corrected chi connectivity index (χ1v) is 7.33. The Balaban J connectivity index is 1.44. The highest BCUT2D eigenvalue weighted by atomic mass is 16.6. The molecule has 0 aliphatic carbocycles. The predicted octanol–water partition coefficient (Wildman–Crippen LogP) is 1.44. The molecule has 1 fully saturated rings. The Hall–Kier alpha value is -1.95. The lowest BCUT2D eigenvalue weighted by Crippen LogP contribution is -2.39. The normalized spacial score (nSPS) is 20.1. The molecule has 6 nitrogen and oxygen atoms in total. The Morgan fingerprint density at radius 3 is 2.81 bits per heavy atom. The van der Waals surface area contributed by atoms with E-state index in [4.69, 9.17) is 14.2 Å². The van der Waals surface area contributed by atoms with Crippen molar-refractivity contribution in [1.29, 1.82) is 0 Å². The molecule has 0 saturated carbocycles. The van der Waals surface area contributed by atoms with E-state index < -0.39 is 0 Å². The molecule has 6 heteroatoms. The molecule has 3 rings (SSSR count). The van der Waals surface area contributed by atoms with Crippen LogP contribution < -0.4 is 20.1 Å². The van der Waals surface area contributed by atoms with Crippen molar-refractivity contribution in [3.8, 4) is 11.5 Å². The first-order chi connectivity index (χ1) is 10.3. The molecule has 114 valence electrons. The Labute approximate surface area is 123 Å². The molecule has 1 aromatic rings. The van der Waals surface area contributed by atoms with E-state index in [1.54, 1.807) is 0 Å². The van der Waals surface area contributed by atoms with Crippen LogP contribution in [0.5, 0.6) is 11.5 Å². The van der Waals surface area contributed by atoms with Crippen LogP contribution in [0, 0.1) is 0 Å². The molecular formula is C15H20N2O4. The summed E-state index contributed by atoms with van der Waals surface area (Å²) in [5, 5.41) is 5.65. The fourth-order valence-electron chi connectivity index (χ4n) is 2.45. The third kappa shape index (κ3) is 3.78. The van der Waals surface area contributed by atoms with E-state index in [0.29, 0.717) is 26.3 Å². The first kappa shape index (κ1) is 14.0. The molecule has 0 bridgehead atoms. The van der Waals surface area contributed by atoms with E-state index in [1.165, 1.54) is 0 Å². The fraction of sp³-hybridized carbons (Fsp3) is 0.533. The van der Waals surface area contributed by atoms with Gasteiger partial charge < -0.3 is 24.8 Å². The van der Waals surface area contributed by atoms with Gasteiger partial charge in [-0.2, -0.15) is 0 Å². The van der Waals surface area contributed by atoms with E-state index in [-0.39, 0.29) is 12.1 Å². The van der Waals surface area contributed by atoms with Crippen molar-refractivity contribution in [2.75, 3.05) is 26.4 Å². The maximum Gasteiger partial charge on any atom is 0.315 e. The molecule has 0 aromatic heterocycles. The number of rotatable bonds is 4. The van der Waals surface area contributed by atoms with Gasteiger partial charge in [0.1, 0.15) is 13.2 Å². The highest BCUT2D eigenvalue weighted by molar-refractivity contribution is 5.73. The molecule has 0 spiro atoms. The van der Waals surface area contributed by atoms with Crippen LogP contribution in [-0.4, -0.2) is 38.5 Å². The lowest BCUT2D eigenvalue weighted by Gasteiger charge is -2.19. The van der Waals surface area contributed by atoms with Crippen LogP contribution >= 0.6 is 0 Å². The predicted molar refractivity (Wildman–Crippen MR) is 76.6 cm³/mol. The molecule has 1 saturated heterocycles. The third-order valence-electron chi connectivity index (χ3n) is 3.57. The summed E-state index contributed by atoms with van der Waals surface area (Å²) in [4.78, 5) is 11.7. The molecule has 2 aliphatic heterocycles. The Bertz CT molecular complexity index is 500. The molecule has 21 heavy (non-hydrogen) atoms. The van der Waals surface area contributed by atoms with Gasteiger partial charge in [-0.1, -0.05) is 6.07 Å². The van der Waals surface area contributed by atoms with Crippen molar-refractivity contribution in [2.24, 2.45) is 0 Å². The van der Waals surface area contributed by atoms with Gasteiger partial charge in [-0.3, -0.25) is 0 Å². The maximum absolute atomic E-state index is 11.7. The Morgan fingerprint density at radius 1 is 1.14 bits per heavy atom. The van der Waals surface area contributed by atoms with Crippen molar-refractivity contribution in [3.63, 3.8) is 0 Å². The van der Waals surface area contributed by atoms with Gasteiger partial charge in [-0.25, -0.2) is 4.79 Å². The van der Waals surface area contributed by atoms with Gasteiger partial charge in [-0.05, 0) is 30.5 Å². The minimum atomic E-state index is -0.180. The highest BCUT2D eigenvalue weighted by Gasteiger charge is 2.16. The number of ether oxygens (including phenoxy) is 3. The second-order valence-corrected chi connectivity index (χ2v) is 5.18. The number of amides is 2. The number of hydrogen-bond donors (Lipinski definition) is 2. The SMILES string of the molecule is O=C(NCc1ccc2c(c1)OCCO2)NCC1CCCO1. The van der Waals surface area contributed by atoms with E-state index in [2.05, 4.69) is 10.6 Å². The molecule has 2 amide bonds. The lowest BCUT2D eigenvalue weighted by atomic mass is 10.2. The average molecular weight is 292 g/mol. The quantitative estimate of drug-likeness (QED) is 0.881. The van der Waals surface area contributed by atoms with Crippen molar-refractivity contribution in [3.05, 3.63) is 23.8 Å². The molecule has 2 N–H and O–H groups in total. The highest BCUT2D eigenvalue weighted by Crippen LogP contribution is 2.30. The van der Waals surface area contributed by atoms with Crippen LogP contribution in [0.2, 0.25) is 0 Å². The van der Waals surface area contributed by atoms with E-state index in [1.807, 2.05) is 18.2 Å². The van der Waals surface area contributed by atoms with Crippen LogP contribution in [-0.2, 0) is 11.3 Å². The molecule has 1 atom stereocenters. The number of fused-ring (bicyclic) bond motifs is 1. The Morgan fingerprint density at radius 2 is 2.00 bits per heavy atom. The van der Waals surface area contributed by atoms with Crippen LogP contribution in [0.4, 0.5) is 4.79 Å².